The van der Waals surface area contributed by atoms with Crippen molar-refractivity contribution in [2.24, 2.45) is 0 Å². The molecule has 0 atom stereocenters. The van der Waals surface area contributed by atoms with E-state index >= 15 is 0 Å². The quantitative estimate of drug-likeness (QED) is 0.457. The highest BCUT2D eigenvalue weighted by atomic mass is 79.9. The first-order valence-electron chi connectivity index (χ1n) is 3.23. The number of benzene rings is 1. The summed E-state index contributed by atoms with van der Waals surface area (Å²) in [6.07, 6.45) is 0. The zero-order valence-corrected chi connectivity index (χ0v) is 7.96. The molecule has 0 aliphatic rings. The number of nitrogen functional groups attached to an aromatic ring is 1. The second kappa shape index (κ2) is 3.10. The van der Waals surface area contributed by atoms with Crippen LogP contribution in [0.5, 0.6) is 0 Å². The van der Waals surface area contributed by atoms with E-state index in [-0.39, 0.29) is 5.69 Å². The predicted octanol–water partition coefficient (Wildman–Crippen LogP) is 2.25. The zero-order chi connectivity index (χ0) is 9.30. The standard InChI is InChI=1S/C7H7BrN2O2/c1-4-2-3-5(10(11)12)6(8)7(4)9/h2-3H,9H2,1H3. The van der Waals surface area contributed by atoms with E-state index in [4.69, 9.17) is 5.73 Å². The fourth-order valence-corrected chi connectivity index (χ4v) is 1.41. The molecule has 1 rings (SSSR count). The molecule has 4 nitrogen and oxygen atoms in total. The second-order valence-corrected chi connectivity index (χ2v) is 3.18. The fourth-order valence-electron chi connectivity index (χ4n) is 0.819. The normalized spacial score (nSPS) is 9.83. The van der Waals surface area contributed by atoms with Crippen molar-refractivity contribution in [3.63, 3.8) is 0 Å². The lowest BCUT2D eigenvalue weighted by atomic mass is 10.2. The Labute approximate surface area is 77.7 Å². The molecular formula is C7H7BrN2O2. The molecule has 0 spiro atoms. The van der Waals surface area contributed by atoms with Crippen molar-refractivity contribution in [1.29, 1.82) is 0 Å². The van der Waals surface area contributed by atoms with Gasteiger partial charge in [0.25, 0.3) is 5.69 Å². The molecule has 12 heavy (non-hydrogen) atoms. The average molecular weight is 231 g/mol. The molecule has 0 amide bonds. The lowest BCUT2D eigenvalue weighted by molar-refractivity contribution is -0.385. The Morgan fingerprint density at radius 2 is 2.17 bits per heavy atom. The molecule has 0 aromatic heterocycles. The molecule has 1 aromatic carbocycles. The first-order valence-corrected chi connectivity index (χ1v) is 4.02. The Hall–Kier alpha value is -1.10. The molecule has 0 aliphatic carbocycles. The maximum Gasteiger partial charge on any atom is 0.285 e. The van der Waals surface area contributed by atoms with Gasteiger partial charge >= 0.3 is 0 Å². The molecule has 0 saturated carbocycles. The lowest BCUT2D eigenvalue weighted by Gasteiger charge is -2.02. The van der Waals surface area contributed by atoms with Crippen LogP contribution < -0.4 is 5.73 Å². The maximum absolute atomic E-state index is 10.4. The van der Waals surface area contributed by atoms with Gasteiger partial charge in [-0.25, -0.2) is 0 Å². The highest BCUT2D eigenvalue weighted by Gasteiger charge is 2.14. The van der Waals surface area contributed by atoms with Crippen LogP contribution >= 0.6 is 15.9 Å². The van der Waals surface area contributed by atoms with Gasteiger partial charge in [0.15, 0.2) is 0 Å². The number of nitro groups is 1. The zero-order valence-electron chi connectivity index (χ0n) is 6.37. The molecule has 1 aromatic rings. The van der Waals surface area contributed by atoms with Gasteiger partial charge in [0.05, 0.1) is 10.6 Å². The van der Waals surface area contributed by atoms with E-state index in [0.29, 0.717) is 10.2 Å². The molecule has 64 valence electrons. The van der Waals surface area contributed by atoms with Gasteiger partial charge in [0.1, 0.15) is 4.47 Å². The summed E-state index contributed by atoms with van der Waals surface area (Å²) >= 11 is 3.06. The number of hydrogen-bond acceptors (Lipinski definition) is 3. The lowest BCUT2D eigenvalue weighted by Crippen LogP contribution is -1.96. The minimum absolute atomic E-state index is 0.00176. The van der Waals surface area contributed by atoms with Gasteiger partial charge in [0.2, 0.25) is 0 Å². The van der Waals surface area contributed by atoms with E-state index < -0.39 is 4.92 Å². The maximum atomic E-state index is 10.4. The minimum Gasteiger partial charge on any atom is -0.397 e. The summed E-state index contributed by atoms with van der Waals surface area (Å²) < 4.78 is 0.354. The van der Waals surface area contributed by atoms with Crippen LogP contribution in [0.3, 0.4) is 0 Å². The smallest absolute Gasteiger partial charge is 0.285 e. The molecule has 2 N–H and O–H groups in total. The monoisotopic (exact) mass is 230 g/mol. The third kappa shape index (κ3) is 1.40. The first kappa shape index (κ1) is 8.99. The van der Waals surface area contributed by atoms with Gasteiger partial charge in [-0.1, -0.05) is 6.07 Å². The highest BCUT2D eigenvalue weighted by Crippen LogP contribution is 2.32. The third-order valence-electron chi connectivity index (χ3n) is 1.57. The van der Waals surface area contributed by atoms with Crippen molar-refractivity contribution >= 4 is 27.3 Å². The van der Waals surface area contributed by atoms with Crippen LogP contribution in [0, 0.1) is 17.0 Å². The van der Waals surface area contributed by atoms with Gasteiger partial charge in [-0.3, -0.25) is 10.1 Å². The van der Waals surface area contributed by atoms with Crippen molar-refractivity contribution < 1.29 is 4.92 Å². The van der Waals surface area contributed by atoms with Crippen molar-refractivity contribution in [2.45, 2.75) is 6.92 Å². The highest BCUT2D eigenvalue weighted by molar-refractivity contribution is 9.10. The number of nitro benzene ring substituents is 1. The summed E-state index contributed by atoms with van der Waals surface area (Å²) in [6, 6.07) is 3.05. The minimum atomic E-state index is -0.472. The molecule has 0 aliphatic heterocycles. The molecule has 0 radical (unpaired) electrons. The molecule has 5 heteroatoms. The molecule has 0 heterocycles. The number of halogens is 1. The van der Waals surface area contributed by atoms with Gasteiger partial charge in [-0.05, 0) is 28.4 Å². The Balaban J connectivity index is 3.36. The Morgan fingerprint density at radius 3 is 2.67 bits per heavy atom. The van der Waals surface area contributed by atoms with E-state index in [1.807, 2.05) is 0 Å². The van der Waals surface area contributed by atoms with E-state index in [2.05, 4.69) is 15.9 Å². The van der Waals surface area contributed by atoms with E-state index in [0.717, 1.165) is 5.56 Å². The number of nitrogens with two attached hydrogens (primary N) is 1. The summed E-state index contributed by atoms with van der Waals surface area (Å²) in [6.45, 7) is 1.80. The van der Waals surface area contributed by atoms with Crippen LogP contribution in [-0.2, 0) is 0 Å². The fraction of sp³-hybridized carbons (Fsp3) is 0.143. The Morgan fingerprint density at radius 1 is 1.58 bits per heavy atom. The van der Waals surface area contributed by atoms with Crippen LogP contribution in [-0.4, -0.2) is 4.92 Å². The van der Waals surface area contributed by atoms with Gasteiger partial charge in [-0.15, -0.1) is 0 Å². The molecule has 0 unspecified atom stereocenters. The Kier molecular flexibility index (Phi) is 2.32. The van der Waals surface area contributed by atoms with Gasteiger partial charge in [0, 0.05) is 6.07 Å². The van der Waals surface area contributed by atoms with Crippen molar-refractivity contribution in [1.82, 2.24) is 0 Å². The first-order chi connectivity index (χ1) is 5.54. The van der Waals surface area contributed by atoms with Gasteiger partial charge in [-0.2, -0.15) is 0 Å². The summed E-state index contributed by atoms with van der Waals surface area (Å²) in [5, 5.41) is 10.4. The molecule has 0 fully saturated rings. The average Bonchev–Trinajstić information content (AvgIpc) is 2.00. The number of hydrogen-bond donors (Lipinski definition) is 1. The molecule has 0 saturated heterocycles. The predicted molar refractivity (Wildman–Crippen MR) is 49.9 cm³/mol. The van der Waals surface area contributed by atoms with Crippen LogP contribution in [0.1, 0.15) is 5.56 Å². The van der Waals surface area contributed by atoms with Crippen molar-refractivity contribution in [2.75, 3.05) is 5.73 Å². The number of anilines is 1. The number of rotatable bonds is 1. The summed E-state index contributed by atoms with van der Waals surface area (Å²) in [4.78, 5) is 9.93. The van der Waals surface area contributed by atoms with Gasteiger partial charge < -0.3 is 5.73 Å². The van der Waals surface area contributed by atoms with Crippen LogP contribution in [0.25, 0.3) is 0 Å². The molecule has 0 bridgehead atoms. The topological polar surface area (TPSA) is 69.2 Å². The second-order valence-electron chi connectivity index (χ2n) is 2.39. The largest absolute Gasteiger partial charge is 0.397 e. The van der Waals surface area contributed by atoms with Crippen molar-refractivity contribution in [3.05, 3.63) is 32.3 Å². The summed E-state index contributed by atoms with van der Waals surface area (Å²) in [5.74, 6) is 0. The van der Waals surface area contributed by atoms with Crippen LogP contribution in [0.15, 0.2) is 16.6 Å². The van der Waals surface area contributed by atoms with E-state index in [9.17, 15) is 10.1 Å². The number of aryl methyl sites for hydroxylation is 1. The summed E-state index contributed by atoms with van der Waals surface area (Å²) in [5.41, 5.74) is 6.81. The van der Waals surface area contributed by atoms with Crippen LogP contribution in [0.4, 0.5) is 11.4 Å². The summed E-state index contributed by atoms with van der Waals surface area (Å²) in [7, 11) is 0. The van der Waals surface area contributed by atoms with E-state index in [1.54, 1.807) is 13.0 Å². The molecular weight excluding hydrogens is 224 g/mol. The van der Waals surface area contributed by atoms with Crippen LogP contribution in [0.2, 0.25) is 0 Å². The SMILES string of the molecule is Cc1ccc([N+](=O)[O-])c(Br)c1N. The Bertz CT molecular complexity index is 338. The van der Waals surface area contributed by atoms with Crippen molar-refractivity contribution in [3.8, 4) is 0 Å². The number of nitrogens with zero attached hydrogens (tertiary/aromatic N) is 1. The van der Waals surface area contributed by atoms with E-state index in [1.165, 1.54) is 6.07 Å². The third-order valence-corrected chi connectivity index (χ3v) is 2.41.